The molecule has 0 radical (unpaired) electrons. The molecule has 1 fully saturated rings. The summed E-state index contributed by atoms with van der Waals surface area (Å²) in [6, 6.07) is 0. The lowest BCUT2D eigenvalue weighted by Gasteiger charge is -2.30. The van der Waals surface area contributed by atoms with Gasteiger partial charge in [0.05, 0.1) is 25.0 Å². The van der Waals surface area contributed by atoms with Crippen molar-refractivity contribution < 1.29 is 9.47 Å². The highest BCUT2D eigenvalue weighted by atomic mass is 16.5. The van der Waals surface area contributed by atoms with Crippen LogP contribution in [0, 0.1) is 6.92 Å². The first kappa shape index (κ1) is 14.3. The van der Waals surface area contributed by atoms with Crippen LogP contribution in [0.3, 0.4) is 0 Å². The third kappa shape index (κ3) is 4.19. The number of aryl methyl sites for hydroxylation is 1. The second-order valence-corrected chi connectivity index (χ2v) is 5.03. The lowest BCUT2D eigenvalue weighted by Crippen LogP contribution is -2.43. The van der Waals surface area contributed by atoms with E-state index in [0.29, 0.717) is 6.61 Å². The first-order valence-corrected chi connectivity index (χ1v) is 6.75. The minimum absolute atomic E-state index is 0.228. The quantitative estimate of drug-likeness (QED) is 0.818. The molecule has 0 aliphatic carbocycles. The second-order valence-electron chi connectivity index (χ2n) is 5.03. The molecular formula is C13H24N4O2. The van der Waals surface area contributed by atoms with Crippen molar-refractivity contribution in [3.63, 3.8) is 0 Å². The van der Waals surface area contributed by atoms with Crippen molar-refractivity contribution in [1.29, 1.82) is 0 Å². The number of aromatic nitrogens is 2. The Morgan fingerprint density at radius 3 is 3.16 bits per heavy atom. The summed E-state index contributed by atoms with van der Waals surface area (Å²) >= 11 is 0. The molecular weight excluding hydrogens is 244 g/mol. The predicted molar refractivity (Wildman–Crippen MR) is 74.6 cm³/mol. The molecule has 1 aliphatic rings. The van der Waals surface area contributed by atoms with E-state index in [0.717, 1.165) is 44.4 Å². The van der Waals surface area contributed by atoms with Crippen molar-refractivity contribution in [2.45, 2.75) is 19.6 Å². The minimum Gasteiger partial charge on any atom is -0.383 e. The van der Waals surface area contributed by atoms with Crippen molar-refractivity contribution in [1.82, 2.24) is 14.5 Å². The molecule has 6 nitrogen and oxygen atoms in total. The minimum atomic E-state index is 0.228. The van der Waals surface area contributed by atoms with E-state index in [-0.39, 0.29) is 6.10 Å². The van der Waals surface area contributed by atoms with Crippen LogP contribution < -0.4 is 5.32 Å². The van der Waals surface area contributed by atoms with E-state index in [9.17, 15) is 0 Å². The van der Waals surface area contributed by atoms with Gasteiger partial charge in [0.15, 0.2) is 0 Å². The molecule has 1 aromatic rings. The van der Waals surface area contributed by atoms with E-state index >= 15 is 0 Å². The maximum absolute atomic E-state index is 5.73. The molecule has 2 heterocycles. The van der Waals surface area contributed by atoms with E-state index in [4.69, 9.17) is 9.47 Å². The molecule has 1 aromatic heterocycles. The second kappa shape index (κ2) is 6.88. The van der Waals surface area contributed by atoms with Crippen LogP contribution in [0.2, 0.25) is 0 Å². The Balaban J connectivity index is 1.87. The maximum Gasteiger partial charge on any atom is 0.203 e. The SMILES string of the molecule is COCCn1cc(C)nc1NCC1CN(C)CCO1. The van der Waals surface area contributed by atoms with E-state index in [1.165, 1.54) is 0 Å². The highest BCUT2D eigenvalue weighted by molar-refractivity contribution is 5.29. The van der Waals surface area contributed by atoms with Gasteiger partial charge in [-0.2, -0.15) is 0 Å². The van der Waals surface area contributed by atoms with Gasteiger partial charge in [-0.05, 0) is 14.0 Å². The molecule has 0 spiro atoms. The van der Waals surface area contributed by atoms with Crippen molar-refractivity contribution in [3.8, 4) is 0 Å². The van der Waals surface area contributed by atoms with Gasteiger partial charge in [-0.15, -0.1) is 0 Å². The Morgan fingerprint density at radius 2 is 2.42 bits per heavy atom. The number of hydrogen-bond acceptors (Lipinski definition) is 5. The van der Waals surface area contributed by atoms with Gasteiger partial charge in [0, 0.05) is 39.5 Å². The number of hydrogen-bond donors (Lipinski definition) is 1. The van der Waals surface area contributed by atoms with Crippen molar-refractivity contribution in [2.75, 3.05) is 52.3 Å². The van der Waals surface area contributed by atoms with Gasteiger partial charge in [-0.1, -0.05) is 0 Å². The molecule has 2 rings (SSSR count). The smallest absolute Gasteiger partial charge is 0.203 e. The number of methoxy groups -OCH3 is 1. The third-order valence-corrected chi connectivity index (χ3v) is 3.26. The Kier molecular flexibility index (Phi) is 5.18. The molecule has 1 unspecified atom stereocenters. The van der Waals surface area contributed by atoms with Crippen LogP contribution in [0.5, 0.6) is 0 Å². The molecule has 19 heavy (non-hydrogen) atoms. The van der Waals surface area contributed by atoms with Gasteiger partial charge in [-0.25, -0.2) is 4.98 Å². The van der Waals surface area contributed by atoms with Crippen LogP contribution in [0.1, 0.15) is 5.69 Å². The number of likely N-dealkylation sites (N-methyl/N-ethyl adjacent to an activating group) is 1. The number of ether oxygens (including phenoxy) is 2. The van der Waals surface area contributed by atoms with Gasteiger partial charge in [0.25, 0.3) is 0 Å². The van der Waals surface area contributed by atoms with Gasteiger partial charge < -0.3 is 24.3 Å². The summed E-state index contributed by atoms with van der Waals surface area (Å²) in [7, 11) is 3.84. The lowest BCUT2D eigenvalue weighted by molar-refractivity contribution is -0.0118. The number of nitrogens with one attached hydrogen (secondary N) is 1. The standard InChI is InChI=1S/C13H24N4O2/c1-11-9-17(5-6-18-3)13(15-11)14-8-12-10-16(2)4-7-19-12/h9,12H,4-8,10H2,1-3H3,(H,14,15). The normalized spacial score (nSPS) is 20.7. The Hall–Kier alpha value is -1.11. The van der Waals surface area contributed by atoms with Crippen LogP contribution in [0.15, 0.2) is 6.20 Å². The molecule has 1 aliphatic heterocycles. The molecule has 0 bridgehead atoms. The summed E-state index contributed by atoms with van der Waals surface area (Å²) in [5.41, 5.74) is 1.01. The Bertz CT molecular complexity index is 394. The monoisotopic (exact) mass is 268 g/mol. The summed E-state index contributed by atoms with van der Waals surface area (Å²) in [6.45, 7) is 7.06. The molecule has 1 N–H and O–H groups in total. The van der Waals surface area contributed by atoms with Gasteiger partial charge in [0.1, 0.15) is 0 Å². The highest BCUT2D eigenvalue weighted by Gasteiger charge is 2.18. The van der Waals surface area contributed by atoms with Gasteiger partial charge in [0.2, 0.25) is 5.95 Å². The number of imidazole rings is 1. The molecule has 1 saturated heterocycles. The first-order chi connectivity index (χ1) is 9.19. The Labute approximate surface area is 114 Å². The van der Waals surface area contributed by atoms with Gasteiger partial charge in [-0.3, -0.25) is 0 Å². The molecule has 108 valence electrons. The predicted octanol–water partition coefficient (Wildman–Crippen LogP) is 0.580. The van der Waals surface area contributed by atoms with E-state index < -0.39 is 0 Å². The van der Waals surface area contributed by atoms with Crippen molar-refractivity contribution in [3.05, 3.63) is 11.9 Å². The molecule has 1 atom stereocenters. The van der Waals surface area contributed by atoms with Crippen LogP contribution in [-0.2, 0) is 16.0 Å². The van der Waals surface area contributed by atoms with E-state index in [1.807, 2.05) is 13.1 Å². The molecule has 6 heteroatoms. The number of anilines is 1. The third-order valence-electron chi connectivity index (χ3n) is 3.26. The molecule has 0 aromatic carbocycles. The van der Waals surface area contributed by atoms with Crippen molar-refractivity contribution in [2.24, 2.45) is 0 Å². The average molecular weight is 268 g/mol. The fourth-order valence-electron chi connectivity index (χ4n) is 2.24. The zero-order valence-corrected chi connectivity index (χ0v) is 12.1. The van der Waals surface area contributed by atoms with Crippen LogP contribution >= 0.6 is 0 Å². The zero-order chi connectivity index (χ0) is 13.7. The fourth-order valence-corrected chi connectivity index (χ4v) is 2.24. The van der Waals surface area contributed by atoms with E-state index in [1.54, 1.807) is 7.11 Å². The molecule has 0 amide bonds. The largest absolute Gasteiger partial charge is 0.383 e. The number of rotatable bonds is 6. The summed E-state index contributed by atoms with van der Waals surface area (Å²) in [6.07, 6.45) is 2.27. The lowest BCUT2D eigenvalue weighted by atomic mass is 10.3. The fraction of sp³-hybridized carbons (Fsp3) is 0.769. The Morgan fingerprint density at radius 1 is 1.58 bits per heavy atom. The summed E-state index contributed by atoms with van der Waals surface area (Å²) < 4.78 is 12.9. The van der Waals surface area contributed by atoms with Gasteiger partial charge >= 0.3 is 0 Å². The van der Waals surface area contributed by atoms with Crippen LogP contribution in [0.25, 0.3) is 0 Å². The average Bonchev–Trinajstić information content (AvgIpc) is 2.74. The van der Waals surface area contributed by atoms with Crippen molar-refractivity contribution >= 4 is 5.95 Å². The summed E-state index contributed by atoms with van der Waals surface area (Å²) in [4.78, 5) is 6.78. The summed E-state index contributed by atoms with van der Waals surface area (Å²) in [5, 5.41) is 3.38. The van der Waals surface area contributed by atoms with Crippen LogP contribution in [0.4, 0.5) is 5.95 Å². The first-order valence-electron chi connectivity index (χ1n) is 6.75. The zero-order valence-electron chi connectivity index (χ0n) is 12.1. The maximum atomic E-state index is 5.73. The highest BCUT2D eigenvalue weighted by Crippen LogP contribution is 2.10. The van der Waals surface area contributed by atoms with Crippen LogP contribution in [-0.4, -0.2) is 67.6 Å². The number of morpholine rings is 1. The van der Waals surface area contributed by atoms with E-state index in [2.05, 4.69) is 26.8 Å². The topological polar surface area (TPSA) is 51.5 Å². The summed E-state index contributed by atoms with van der Waals surface area (Å²) in [5.74, 6) is 0.895. The number of nitrogens with zero attached hydrogens (tertiary/aromatic N) is 3. The molecule has 0 saturated carbocycles.